The maximum Gasteiger partial charge on any atom is 0.824 e. The van der Waals surface area contributed by atoms with Gasteiger partial charge in [-0.1, -0.05) is 131 Å². The van der Waals surface area contributed by atoms with Crippen LogP contribution in [-0.2, 0) is 27.3 Å². The van der Waals surface area contributed by atoms with Crippen LogP contribution in [0, 0.1) is 11.8 Å². The van der Waals surface area contributed by atoms with E-state index in [-0.39, 0.29) is 11.9 Å². The summed E-state index contributed by atoms with van der Waals surface area (Å²) in [6.07, 6.45) is 19.4. The first-order valence-corrected chi connectivity index (χ1v) is 18.2. The summed E-state index contributed by atoms with van der Waals surface area (Å²) in [5, 5.41) is 0. The van der Waals surface area contributed by atoms with E-state index in [1.54, 1.807) is 0 Å². The lowest BCUT2D eigenvalue weighted by atomic mass is 10.0. The molecule has 39 heavy (non-hydrogen) atoms. The molecule has 0 N–H and O–H groups in total. The van der Waals surface area contributed by atoms with Gasteiger partial charge in [0.15, 0.2) is 0 Å². The molecule has 7 heteroatoms. The van der Waals surface area contributed by atoms with E-state index in [2.05, 4.69) is 41.5 Å². The Hall–Kier alpha value is -0.923. The smallest absolute Gasteiger partial charge is 0.442 e. The Kier molecular flexibility index (Phi) is 25.4. The lowest BCUT2D eigenvalue weighted by Crippen LogP contribution is -2.53. The first-order chi connectivity index (χ1) is 18.9. The van der Waals surface area contributed by atoms with Crippen molar-refractivity contribution in [3.05, 3.63) is 0 Å². The number of unbranched alkanes of at least 4 members (excludes halogenated alkanes) is 10. The fourth-order valence-electron chi connectivity index (χ4n) is 4.54. The van der Waals surface area contributed by atoms with E-state index in [9.17, 15) is 9.59 Å². The van der Waals surface area contributed by atoms with Crippen molar-refractivity contribution in [1.82, 2.24) is 0 Å². The molecule has 0 aliphatic rings. The van der Waals surface area contributed by atoms with Gasteiger partial charge in [-0.15, -0.1) is 0 Å². The third-order valence-corrected chi connectivity index (χ3v) is 9.52. The van der Waals surface area contributed by atoms with Crippen LogP contribution in [0.2, 0.25) is 0 Å². The zero-order chi connectivity index (χ0) is 29.2. The van der Waals surface area contributed by atoms with Gasteiger partial charge in [0.05, 0.1) is 0 Å². The molecule has 0 heterocycles. The molecule has 0 saturated heterocycles. The highest BCUT2D eigenvalue weighted by Crippen LogP contribution is 2.23. The largest absolute Gasteiger partial charge is 0.824 e. The van der Waals surface area contributed by atoms with Crippen LogP contribution < -0.4 is 0 Å². The topological polar surface area (TPSA) is 71.1 Å². The van der Waals surface area contributed by atoms with Crippen LogP contribution in [0.1, 0.15) is 170 Å². The van der Waals surface area contributed by atoms with Crippen LogP contribution in [0.3, 0.4) is 0 Å². The zero-order valence-corrected chi connectivity index (χ0v) is 27.7. The van der Waals surface area contributed by atoms with E-state index in [0.29, 0.717) is 37.9 Å². The maximum atomic E-state index is 13.0. The summed E-state index contributed by atoms with van der Waals surface area (Å²) in [6.45, 7) is 13.8. The number of carbonyl (C=O) groups is 2. The SMILES string of the molecule is CCCCCCCC(=O)O[Si](OCC(CC)CCCC)(OCC(CC)CCCC)OC(=O)CCCCCCC. The van der Waals surface area contributed by atoms with Crippen molar-refractivity contribution >= 4 is 21.0 Å². The van der Waals surface area contributed by atoms with Gasteiger partial charge in [-0.2, -0.15) is 0 Å². The lowest BCUT2D eigenvalue weighted by Gasteiger charge is -2.29. The molecule has 0 saturated carbocycles. The van der Waals surface area contributed by atoms with Gasteiger partial charge in [-0.25, -0.2) is 0 Å². The second-order valence-corrected chi connectivity index (χ2v) is 13.2. The molecule has 6 nitrogen and oxygen atoms in total. The summed E-state index contributed by atoms with van der Waals surface area (Å²) in [4.78, 5) is 26.1. The van der Waals surface area contributed by atoms with Crippen molar-refractivity contribution in [2.45, 2.75) is 170 Å². The Balaban J connectivity index is 5.67. The quantitative estimate of drug-likeness (QED) is 0.0686. The van der Waals surface area contributed by atoms with Gasteiger partial charge >= 0.3 is 9.05 Å². The third-order valence-electron chi connectivity index (χ3n) is 7.52. The summed E-state index contributed by atoms with van der Waals surface area (Å²) < 4.78 is 24.6. The molecule has 0 aromatic carbocycles. The predicted molar refractivity (Wildman–Crippen MR) is 163 cm³/mol. The second kappa shape index (κ2) is 26.0. The van der Waals surface area contributed by atoms with Crippen LogP contribution in [-0.4, -0.2) is 34.2 Å². The molecule has 0 bridgehead atoms. The normalized spacial score (nSPS) is 13.3. The molecule has 0 fully saturated rings. The maximum absolute atomic E-state index is 13.0. The van der Waals surface area contributed by atoms with Crippen molar-refractivity contribution in [2.75, 3.05) is 13.2 Å². The fourth-order valence-corrected chi connectivity index (χ4v) is 6.55. The van der Waals surface area contributed by atoms with Crippen molar-refractivity contribution in [2.24, 2.45) is 11.8 Å². The average molecular weight is 573 g/mol. The molecule has 0 rings (SSSR count). The third kappa shape index (κ3) is 20.6. The van der Waals surface area contributed by atoms with Gasteiger partial charge in [-0.05, 0) is 37.5 Å². The summed E-state index contributed by atoms with van der Waals surface area (Å²) in [5.74, 6) is -0.139. The minimum Gasteiger partial charge on any atom is -0.442 e. The fraction of sp³-hybridized carbons (Fsp3) is 0.938. The molecule has 0 aromatic rings. The highest BCUT2D eigenvalue weighted by molar-refractivity contribution is 6.57. The summed E-state index contributed by atoms with van der Waals surface area (Å²) in [7, 11) is -4.01. The first kappa shape index (κ1) is 38.1. The van der Waals surface area contributed by atoms with Gasteiger partial charge in [0, 0.05) is 26.1 Å². The predicted octanol–water partition coefficient (Wildman–Crippen LogP) is 9.70. The Morgan fingerprint density at radius 1 is 0.513 bits per heavy atom. The monoisotopic (exact) mass is 572 g/mol. The highest BCUT2D eigenvalue weighted by Gasteiger charge is 2.55. The molecule has 0 radical (unpaired) electrons. The van der Waals surface area contributed by atoms with Gasteiger partial charge < -0.3 is 17.7 Å². The van der Waals surface area contributed by atoms with Crippen LogP contribution in [0.4, 0.5) is 0 Å². The standard InChI is InChI=1S/C32H64O6Si/c1-7-13-17-19-21-25-31(33)37-39(35-27-29(11-5)23-15-9-3,36-28-30(12-6)24-16-10-4)38-32(34)26-22-20-18-14-8-2/h29-30H,7-28H2,1-6H3. The van der Waals surface area contributed by atoms with Crippen LogP contribution in [0.5, 0.6) is 0 Å². The molecule has 2 atom stereocenters. The van der Waals surface area contributed by atoms with Crippen molar-refractivity contribution in [3.8, 4) is 0 Å². The second-order valence-electron chi connectivity index (χ2n) is 11.2. The molecule has 0 aromatic heterocycles. The van der Waals surface area contributed by atoms with E-state index in [0.717, 1.165) is 103 Å². The number of hydrogen-bond donors (Lipinski definition) is 0. The Morgan fingerprint density at radius 2 is 0.872 bits per heavy atom. The number of carbonyl (C=O) groups excluding carboxylic acids is 2. The van der Waals surface area contributed by atoms with Crippen LogP contribution in [0.15, 0.2) is 0 Å². The van der Waals surface area contributed by atoms with E-state index < -0.39 is 9.05 Å². The molecule has 0 amide bonds. The lowest BCUT2D eigenvalue weighted by molar-refractivity contribution is -0.154. The molecular weight excluding hydrogens is 508 g/mol. The Labute approximate surface area is 243 Å². The van der Waals surface area contributed by atoms with Crippen molar-refractivity contribution < 1.29 is 27.3 Å². The molecule has 2 unspecified atom stereocenters. The molecule has 0 aliphatic carbocycles. The minimum atomic E-state index is -4.01. The van der Waals surface area contributed by atoms with Crippen molar-refractivity contribution in [1.29, 1.82) is 0 Å². The molecular formula is C32H64O6Si. The van der Waals surface area contributed by atoms with Crippen LogP contribution in [0.25, 0.3) is 0 Å². The first-order valence-electron chi connectivity index (χ1n) is 16.6. The minimum absolute atomic E-state index is 0.292. The highest BCUT2D eigenvalue weighted by atomic mass is 28.4. The van der Waals surface area contributed by atoms with E-state index in [4.69, 9.17) is 17.7 Å². The van der Waals surface area contributed by atoms with Gasteiger partial charge in [0.1, 0.15) is 0 Å². The van der Waals surface area contributed by atoms with Gasteiger partial charge in [0.2, 0.25) is 0 Å². The Morgan fingerprint density at radius 3 is 1.21 bits per heavy atom. The summed E-state index contributed by atoms with van der Waals surface area (Å²) in [6, 6.07) is 0. The van der Waals surface area contributed by atoms with Crippen molar-refractivity contribution in [3.63, 3.8) is 0 Å². The molecule has 232 valence electrons. The van der Waals surface area contributed by atoms with E-state index in [1.807, 2.05) is 0 Å². The number of hydrogen-bond acceptors (Lipinski definition) is 6. The van der Waals surface area contributed by atoms with Crippen LogP contribution >= 0.6 is 0 Å². The zero-order valence-electron chi connectivity index (χ0n) is 26.7. The van der Waals surface area contributed by atoms with Gasteiger partial charge in [-0.3, -0.25) is 9.59 Å². The van der Waals surface area contributed by atoms with Gasteiger partial charge in [0.25, 0.3) is 11.9 Å². The average Bonchev–Trinajstić information content (AvgIpc) is 2.93. The number of rotatable bonds is 28. The molecule has 0 spiro atoms. The van der Waals surface area contributed by atoms with E-state index >= 15 is 0 Å². The summed E-state index contributed by atoms with van der Waals surface area (Å²) in [5.41, 5.74) is 0. The molecule has 0 aliphatic heterocycles. The summed E-state index contributed by atoms with van der Waals surface area (Å²) >= 11 is 0. The van der Waals surface area contributed by atoms with E-state index in [1.165, 1.54) is 12.8 Å². The Bertz CT molecular complexity index is 535.